The van der Waals surface area contributed by atoms with Crippen molar-refractivity contribution in [2.24, 2.45) is 0 Å². The smallest absolute Gasteiger partial charge is 0.105 e. The summed E-state index contributed by atoms with van der Waals surface area (Å²) in [6.07, 6.45) is 8.68. The molecule has 62 valence electrons. The highest BCUT2D eigenvalue weighted by Crippen LogP contribution is 1.87. The molecule has 0 spiro atoms. The third kappa shape index (κ3) is 3.88. The molecule has 0 unspecified atom stereocenters. The van der Waals surface area contributed by atoms with Crippen LogP contribution in [0, 0.1) is 0 Å². The van der Waals surface area contributed by atoms with Crippen LogP contribution >= 0.6 is 16.1 Å². The van der Waals surface area contributed by atoms with E-state index in [1.54, 1.807) is 34.7 Å². The molecule has 4 heteroatoms. The molecule has 0 saturated carbocycles. The fraction of sp³-hybridized carbons (Fsp3) is 0. The summed E-state index contributed by atoms with van der Waals surface area (Å²) in [6, 6.07) is 5.72. The van der Waals surface area contributed by atoms with Crippen molar-refractivity contribution in [2.45, 2.75) is 0 Å². The average molecular weight is 226 g/mol. The first-order chi connectivity index (χ1) is 5.89. The Kier molecular flexibility index (Phi) is 4.08. The molecule has 3 nitrogen and oxygen atoms in total. The maximum atomic E-state index is 3.78. The first-order valence-electron chi connectivity index (χ1n) is 3.38. The van der Waals surface area contributed by atoms with Crippen LogP contribution in [0.15, 0.2) is 49.3 Å². The number of hydrogen-bond donors (Lipinski definition) is 0. The van der Waals surface area contributed by atoms with Gasteiger partial charge in [0.1, 0.15) is 6.33 Å². The minimum atomic E-state index is 1.67. The summed E-state index contributed by atoms with van der Waals surface area (Å²) in [5.74, 6) is 0. The van der Waals surface area contributed by atoms with E-state index in [2.05, 4.69) is 26.1 Å². The summed E-state index contributed by atoms with van der Waals surface area (Å²) < 4.78 is 1.70. The fourth-order valence-corrected chi connectivity index (χ4v) is 0.767. The first kappa shape index (κ1) is 8.93. The van der Waals surface area contributed by atoms with Crippen LogP contribution in [0.25, 0.3) is 0 Å². The van der Waals surface area contributed by atoms with Gasteiger partial charge in [-0.2, -0.15) is 0 Å². The number of hydrogen-bond acceptors (Lipinski definition) is 2. The largest absolute Gasteiger partial charge is 0.273 e. The number of halogens is 1. The van der Waals surface area contributed by atoms with E-state index < -0.39 is 0 Å². The second-order valence-electron chi connectivity index (χ2n) is 1.93. The SMILES string of the molecule is Brn1ccnc1.c1ccncc1. The molecule has 0 aliphatic heterocycles. The minimum Gasteiger partial charge on any atom is -0.273 e. The van der Waals surface area contributed by atoms with Gasteiger partial charge in [0.25, 0.3) is 0 Å². The first-order valence-corrected chi connectivity index (χ1v) is 4.09. The monoisotopic (exact) mass is 225 g/mol. The molecular formula is C8H8BrN3. The Hall–Kier alpha value is -1.16. The van der Waals surface area contributed by atoms with Gasteiger partial charge in [-0.1, -0.05) is 6.07 Å². The van der Waals surface area contributed by atoms with Gasteiger partial charge < -0.3 is 0 Å². The number of pyridine rings is 1. The van der Waals surface area contributed by atoms with Gasteiger partial charge in [-0.25, -0.2) is 4.98 Å². The molecule has 0 bridgehead atoms. The Balaban J connectivity index is 0.000000120. The van der Waals surface area contributed by atoms with Gasteiger partial charge in [-0.05, 0) is 12.1 Å². The van der Waals surface area contributed by atoms with Crippen molar-refractivity contribution in [2.75, 3.05) is 0 Å². The van der Waals surface area contributed by atoms with Crippen LogP contribution in [0.2, 0.25) is 0 Å². The van der Waals surface area contributed by atoms with Gasteiger partial charge in [0.15, 0.2) is 0 Å². The van der Waals surface area contributed by atoms with Crippen LogP contribution in [0.5, 0.6) is 0 Å². The van der Waals surface area contributed by atoms with Gasteiger partial charge in [0.2, 0.25) is 0 Å². The molecule has 0 fully saturated rings. The summed E-state index contributed by atoms with van der Waals surface area (Å²) in [5.41, 5.74) is 0. The second-order valence-corrected chi connectivity index (χ2v) is 2.75. The normalized spacial score (nSPS) is 8.42. The molecule has 0 aromatic carbocycles. The maximum Gasteiger partial charge on any atom is 0.105 e. The number of aromatic nitrogens is 3. The molecule has 0 atom stereocenters. The summed E-state index contributed by atoms with van der Waals surface area (Å²) in [5, 5.41) is 0. The molecule has 0 amide bonds. The zero-order valence-electron chi connectivity index (χ0n) is 6.34. The topological polar surface area (TPSA) is 30.7 Å². The van der Waals surface area contributed by atoms with Gasteiger partial charge in [0.05, 0.1) is 16.1 Å². The maximum absolute atomic E-state index is 3.78. The lowest BCUT2D eigenvalue weighted by Crippen LogP contribution is -1.63. The Morgan fingerprint density at radius 1 is 0.917 bits per heavy atom. The van der Waals surface area contributed by atoms with E-state index in [0.29, 0.717) is 0 Å². The molecule has 2 rings (SSSR count). The van der Waals surface area contributed by atoms with Crippen molar-refractivity contribution >= 4 is 16.1 Å². The van der Waals surface area contributed by atoms with E-state index in [-0.39, 0.29) is 0 Å². The van der Waals surface area contributed by atoms with E-state index in [1.165, 1.54) is 0 Å². The molecule has 2 aromatic heterocycles. The summed E-state index contributed by atoms with van der Waals surface area (Å²) in [7, 11) is 0. The van der Waals surface area contributed by atoms with Gasteiger partial charge in [-0.15, -0.1) is 0 Å². The van der Waals surface area contributed by atoms with E-state index in [0.717, 1.165) is 0 Å². The van der Waals surface area contributed by atoms with Gasteiger partial charge in [-0.3, -0.25) is 8.58 Å². The molecular weight excluding hydrogens is 218 g/mol. The van der Waals surface area contributed by atoms with Crippen molar-refractivity contribution < 1.29 is 0 Å². The van der Waals surface area contributed by atoms with Gasteiger partial charge in [0, 0.05) is 24.8 Å². The third-order valence-electron chi connectivity index (χ3n) is 1.04. The Labute approximate surface area is 79.4 Å². The van der Waals surface area contributed by atoms with Crippen LogP contribution in [0.4, 0.5) is 0 Å². The summed E-state index contributed by atoms with van der Waals surface area (Å²) in [6.45, 7) is 0. The van der Waals surface area contributed by atoms with E-state index >= 15 is 0 Å². The van der Waals surface area contributed by atoms with Crippen molar-refractivity contribution in [3.8, 4) is 0 Å². The second kappa shape index (κ2) is 5.49. The van der Waals surface area contributed by atoms with Crippen LogP contribution in [0.3, 0.4) is 0 Å². The molecule has 12 heavy (non-hydrogen) atoms. The van der Waals surface area contributed by atoms with E-state index in [4.69, 9.17) is 0 Å². The van der Waals surface area contributed by atoms with E-state index in [1.807, 2.05) is 18.2 Å². The van der Waals surface area contributed by atoms with Crippen molar-refractivity contribution in [1.29, 1.82) is 0 Å². The highest BCUT2D eigenvalue weighted by molar-refractivity contribution is 9.08. The van der Waals surface area contributed by atoms with Crippen molar-refractivity contribution in [3.63, 3.8) is 0 Å². The Morgan fingerprint density at radius 2 is 1.67 bits per heavy atom. The Bertz CT molecular complexity index is 254. The number of nitrogens with zero attached hydrogens (tertiary/aromatic N) is 3. The van der Waals surface area contributed by atoms with Crippen molar-refractivity contribution in [1.82, 2.24) is 13.6 Å². The fourth-order valence-electron chi connectivity index (χ4n) is 0.555. The predicted molar refractivity (Wildman–Crippen MR) is 50.8 cm³/mol. The van der Waals surface area contributed by atoms with Crippen LogP contribution in [-0.4, -0.2) is 13.6 Å². The average Bonchev–Trinajstić information content (AvgIpc) is 2.60. The number of imidazole rings is 1. The lowest BCUT2D eigenvalue weighted by atomic mass is 10.5. The molecule has 0 N–H and O–H groups in total. The predicted octanol–water partition coefficient (Wildman–Crippen LogP) is 2.12. The standard InChI is InChI=1S/C5H5N.C3H3BrN2/c1-2-4-6-5-3-1;4-6-2-1-5-3-6/h1-5H;1-3H. The minimum absolute atomic E-state index is 1.67. The van der Waals surface area contributed by atoms with Crippen molar-refractivity contribution in [3.05, 3.63) is 49.3 Å². The van der Waals surface area contributed by atoms with Crippen LogP contribution < -0.4 is 0 Å². The zero-order valence-corrected chi connectivity index (χ0v) is 7.92. The molecule has 0 aliphatic carbocycles. The number of rotatable bonds is 0. The molecule has 2 heterocycles. The highest BCUT2D eigenvalue weighted by Gasteiger charge is 1.71. The quantitative estimate of drug-likeness (QED) is 0.688. The summed E-state index contributed by atoms with van der Waals surface area (Å²) in [4.78, 5) is 7.52. The Morgan fingerprint density at radius 3 is 1.83 bits per heavy atom. The lowest BCUT2D eigenvalue weighted by Gasteiger charge is -1.72. The van der Waals surface area contributed by atoms with Gasteiger partial charge >= 0.3 is 0 Å². The molecule has 0 aliphatic rings. The van der Waals surface area contributed by atoms with E-state index in [9.17, 15) is 0 Å². The van der Waals surface area contributed by atoms with Crippen LogP contribution in [0.1, 0.15) is 0 Å². The highest BCUT2D eigenvalue weighted by atomic mass is 79.9. The van der Waals surface area contributed by atoms with Crippen LogP contribution in [-0.2, 0) is 0 Å². The molecule has 0 saturated heterocycles. The third-order valence-corrected chi connectivity index (χ3v) is 1.46. The summed E-state index contributed by atoms with van der Waals surface area (Å²) >= 11 is 3.14. The zero-order chi connectivity index (χ0) is 8.65. The lowest BCUT2D eigenvalue weighted by molar-refractivity contribution is 1.26. The molecule has 2 aromatic rings. The molecule has 0 radical (unpaired) electrons.